The van der Waals surface area contributed by atoms with Gasteiger partial charge in [-0.1, -0.05) is 61.0 Å². The SMILES string of the molecule is O=C(O)C(F)(F)F.O=C(O)C(F)(F)F.O=C1COc2c(CCNCCN(C(=O)CCNCCc3ccc(Cl)c(Cl)c3)C3CCCCCC3)ccc(O)c2N1. The summed E-state index contributed by atoms with van der Waals surface area (Å²) in [5.74, 6) is -5.06. The third kappa shape index (κ3) is 16.6. The first-order chi connectivity index (χ1) is 25.3. The second kappa shape index (κ2) is 22.4. The summed E-state index contributed by atoms with van der Waals surface area (Å²) in [4.78, 5) is 44.8. The molecule has 2 amide bonds. The molecule has 1 aliphatic carbocycles. The van der Waals surface area contributed by atoms with Crippen molar-refractivity contribution in [3.05, 3.63) is 51.5 Å². The van der Waals surface area contributed by atoms with E-state index in [2.05, 4.69) is 20.9 Å². The van der Waals surface area contributed by atoms with Crippen LogP contribution >= 0.6 is 23.2 Å². The Morgan fingerprint density at radius 1 is 0.833 bits per heavy atom. The molecule has 54 heavy (non-hydrogen) atoms. The van der Waals surface area contributed by atoms with E-state index in [0.29, 0.717) is 66.5 Å². The summed E-state index contributed by atoms with van der Waals surface area (Å²) in [6, 6.07) is 9.38. The summed E-state index contributed by atoms with van der Waals surface area (Å²) in [6.45, 7) is 3.42. The number of halogens is 8. The zero-order chi connectivity index (χ0) is 40.5. The third-order valence-electron chi connectivity index (χ3n) is 8.09. The van der Waals surface area contributed by atoms with Crippen molar-refractivity contribution >= 4 is 52.6 Å². The number of carbonyl (C=O) groups excluding carboxylic acids is 2. The minimum Gasteiger partial charge on any atom is -0.506 e. The highest BCUT2D eigenvalue weighted by molar-refractivity contribution is 6.42. The number of aliphatic carboxylic acids is 2. The normalized spacial score (nSPS) is 14.5. The number of rotatable bonds is 13. The molecule has 0 bridgehead atoms. The van der Waals surface area contributed by atoms with Crippen molar-refractivity contribution < 1.29 is 65.6 Å². The van der Waals surface area contributed by atoms with Crippen LogP contribution in [0.3, 0.4) is 0 Å². The van der Waals surface area contributed by atoms with Gasteiger partial charge in [-0.2, -0.15) is 26.3 Å². The number of nitrogens with zero attached hydrogens (tertiary/aromatic N) is 1. The lowest BCUT2D eigenvalue weighted by atomic mass is 10.1. The number of alkyl halides is 6. The quantitative estimate of drug-likeness (QED) is 0.0591. The van der Waals surface area contributed by atoms with Crippen LogP contribution in [0.4, 0.5) is 32.0 Å². The second-order valence-corrected chi connectivity index (χ2v) is 12.9. The van der Waals surface area contributed by atoms with Gasteiger partial charge in [-0.05, 0) is 68.1 Å². The van der Waals surface area contributed by atoms with E-state index in [1.54, 1.807) is 6.07 Å². The number of phenolic OH excluding ortho intramolecular Hbond substituents is 1. The number of nitrogens with one attached hydrogen (secondary N) is 3. The molecule has 2 aliphatic rings. The molecule has 20 heteroatoms. The fraction of sp³-hybridized carbons (Fsp3) is 0.529. The van der Waals surface area contributed by atoms with E-state index < -0.39 is 24.3 Å². The Morgan fingerprint density at radius 2 is 1.41 bits per heavy atom. The molecule has 0 saturated heterocycles. The van der Waals surface area contributed by atoms with Crippen LogP contribution in [-0.2, 0) is 32.0 Å². The Hall–Kier alpha value is -4.00. The van der Waals surface area contributed by atoms with Gasteiger partial charge in [0.25, 0.3) is 5.91 Å². The Bertz CT molecular complexity index is 1530. The molecular formula is C34H42Cl2F6N4O8. The van der Waals surface area contributed by atoms with Crippen molar-refractivity contribution in [2.24, 2.45) is 0 Å². The number of hydrogen-bond donors (Lipinski definition) is 6. The average molecular weight is 820 g/mol. The van der Waals surface area contributed by atoms with Gasteiger partial charge in [0.15, 0.2) is 12.4 Å². The molecule has 0 radical (unpaired) electrons. The van der Waals surface area contributed by atoms with Crippen LogP contribution in [0.25, 0.3) is 0 Å². The summed E-state index contributed by atoms with van der Waals surface area (Å²) >= 11 is 12.1. The molecule has 2 aromatic carbocycles. The van der Waals surface area contributed by atoms with Gasteiger partial charge in [0, 0.05) is 32.1 Å². The number of hydrogen-bond acceptors (Lipinski definition) is 8. The molecule has 0 spiro atoms. The van der Waals surface area contributed by atoms with Gasteiger partial charge in [-0.3, -0.25) is 9.59 Å². The molecule has 1 heterocycles. The van der Waals surface area contributed by atoms with E-state index in [-0.39, 0.29) is 24.2 Å². The Labute approximate surface area is 317 Å². The lowest BCUT2D eigenvalue weighted by Crippen LogP contribution is -2.45. The number of ether oxygens (including phenoxy) is 1. The Morgan fingerprint density at radius 3 is 1.98 bits per heavy atom. The van der Waals surface area contributed by atoms with E-state index in [9.17, 15) is 41.0 Å². The summed E-state index contributed by atoms with van der Waals surface area (Å²) < 4.78 is 69.1. The summed E-state index contributed by atoms with van der Waals surface area (Å²) in [5, 5.41) is 35.0. The van der Waals surface area contributed by atoms with E-state index in [4.69, 9.17) is 47.7 Å². The minimum atomic E-state index is -5.08. The second-order valence-electron chi connectivity index (χ2n) is 12.1. The smallest absolute Gasteiger partial charge is 0.490 e. The van der Waals surface area contributed by atoms with Gasteiger partial charge < -0.3 is 40.9 Å². The number of carboxylic acids is 2. The van der Waals surface area contributed by atoms with Crippen LogP contribution in [-0.4, -0.2) is 102 Å². The van der Waals surface area contributed by atoms with Gasteiger partial charge in [0.05, 0.1) is 10.0 Å². The summed E-state index contributed by atoms with van der Waals surface area (Å²) in [6.07, 6.45) is -1.22. The van der Waals surface area contributed by atoms with E-state index in [1.165, 1.54) is 25.7 Å². The Balaban J connectivity index is 0.000000610. The predicted molar refractivity (Wildman–Crippen MR) is 187 cm³/mol. The highest BCUT2D eigenvalue weighted by Gasteiger charge is 2.39. The predicted octanol–water partition coefficient (Wildman–Crippen LogP) is 6.20. The number of fused-ring (bicyclic) bond motifs is 1. The van der Waals surface area contributed by atoms with Gasteiger partial charge in [-0.25, -0.2) is 9.59 Å². The summed E-state index contributed by atoms with van der Waals surface area (Å²) in [5.41, 5.74) is 2.37. The van der Waals surface area contributed by atoms with Gasteiger partial charge >= 0.3 is 24.3 Å². The number of benzene rings is 2. The van der Waals surface area contributed by atoms with Crippen molar-refractivity contribution in [3.63, 3.8) is 0 Å². The molecule has 12 nitrogen and oxygen atoms in total. The van der Waals surface area contributed by atoms with Gasteiger partial charge in [0.2, 0.25) is 5.91 Å². The summed E-state index contributed by atoms with van der Waals surface area (Å²) in [7, 11) is 0. The number of carbonyl (C=O) groups is 4. The van der Waals surface area contributed by atoms with Gasteiger partial charge in [-0.15, -0.1) is 0 Å². The zero-order valence-electron chi connectivity index (χ0n) is 28.9. The maximum atomic E-state index is 13.3. The molecule has 2 aromatic rings. The molecular weight excluding hydrogens is 777 g/mol. The monoisotopic (exact) mass is 818 g/mol. The highest BCUT2D eigenvalue weighted by Crippen LogP contribution is 2.39. The molecule has 0 unspecified atom stereocenters. The molecule has 1 saturated carbocycles. The minimum absolute atomic E-state index is 0.00109. The molecule has 6 N–H and O–H groups in total. The van der Waals surface area contributed by atoms with Crippen molar-refractivity contribution in [1.82, 2.24) is 15.5 Å². The standard InChI is InChI=1S/C30H40Cl2N4O4.2C2HF3O2/c31-24-9-7-21(19-25(24)32)11-14-33-16-13-28(39)36(23-5-3-1-2-4-6-23)18-17-34-15-12-22-8-10-26(37)29-30(22)40-20-27(38)35-29;2*3-2(4,5)1(6)7/h7-10,19,23,33-34,37H,1-6,11-18,20H2,(H,35,38);2*(H,6,7). The lowest BCUT2D eigenvalue weighted by molar-refractivity contribution is -0.193. The number of phenols is 1. The zero-order valence-corrected chi connectivity index (χ0v) is 30.4. The molecule has 0 atom stereocenters. The van der Waals surface area contributed by atoms with Crippen molar-refractivity contribution in [3.8, 4) is 11.5 Å². The van der Waals surface area contributed by atoms with Crippen LogP contribution in [0.2, 0.25) is 10.0 Å². The lowest BCUT2D eigenvalue weighted by Gasteiger charge is -2.32. The van der Waals surface area contributed by atoms with Crippen LogP contribution in [0.1, 0.15) is 56.1 Å². The first kappa shape index (κ1) is 46.2. The third-order valence-corrected chi connectivity index (χ3v) is 8.83. The average Bonchev–Trinajstić information content (AvgIpc) is 3.38. The number of aromatic hydroxyl groups is 1. The molecule has 1 aliphatic heterocycles. The number of carboxylic acid groups (broad SMARTS) is 2. The van der Waals surface area contributed by atoms with Crippen molar-refractivity contribution in [1.29, 1.82) is 0 Å². The first-order valence-electron chi connectivity index (χ1n) is 16.8. The van der Waals surface area contributed by atoms with Crippen molar-refractivity contribution in [2.75, 3.05) is 44.6 Å². The van der Waals surface area contributed by atoms with Crippen LogP contribution in [0.5, 0.6) is 11.5 Å². The number of anilines is 1. The first-order valence-corrected chi connectivity index (χ1v) is 17.6. The highest BCUT2D eigenvalue weighted by atomic mass is 35.5. The number of amides is 2. The van der Waals surface area contributed by atoms with E-state index in [0.717, 1.165) is 36.9 Å². The van der Waals surface area contributed by atoms with E-state index in [1.807, 2.05) is 24.3 Å². The molecule has 1 fully saturated rings. The Kier molecular flexibility index (Phi) is 19.1. The van der Waals surface area contributed by atoms with Crippen molar-refractivity contribution in [2.45, 2.75) is 76.2 Å². The fourth-order valence-corrected chi connectivity index (χ4v) is 5.75. The van der Waals surface area contributed by atoms with Crippen LogP contribution in [0, 0.1) is 0 Å². The molecule has 0 aromatic heterocycles. The van der Waals surface area contributed by atoms with Crippen LogP contribution in [0.15, 0.2) is 30.3 Å². The maximum Gasteiger partial charge on any atom is 0.490 e. The van der Waals surface area contributed by atoms with E-state index >= 15 is 0 Å². The van der Waals surface area contributed by atoms with Crippen LogP contribution < -0.4 is 20.7 Å². The maximum absolute atomic E-state index is 13.3. The topological polar surface area (TPSA) is 178 Å². The molecule has 302 valence electrons. The molecule has 4 rings (SSSR count). The van der Waals surface area contributed by atoms with Gasteiger partial charge in [0.1, 0.15) is 11.4 Å². The largest absolute Gasteiger partial charge is 0.506 e. The fourth-order valence-electron chi connectivity index (χ4n) is 5.43.